The number of benzene rings is 1. The normalized spacial score (nSPS) is 17.6. The minimum absolute atomic E-state index is 0.0953. The molecular formula is C26H21F3N8O. The second kappa shape index (κ2) is 9.69. The summed E-state index contributed by atoms with van der Waals surface area (Å²) in [5.74, 6) is -1.89. The van der Waals surface area contributed by atoms with Gasteiger partial charge in [0.05, 0.1) is 17.3 Å². The molecule has 9 nitrogen and oxygen atoms in total. The molecule has 4 heterocycles. The molecule has 0 spiro atoms. The van der Waals surface area contributed by atoms with E-state index in [0.717, 1.165) is 31.0 Å². The number of aromatic amines is 1. The van der Waals surface area contributed by atoms with E-state index in [9.17, 15) is 18.0 Å². The van der Waals surface area contributed by atoms with Crippen molar-refractivity contribution >= 4 is 16.9 Å². The van der Waals surface area contributed by atoms with Gasteiger partial charge in [0.2, 0.25) is 0 Å². The largest absolute Gasteiger partial charge is 0.349 e. The molecule has 2 N–H and O–H groups in total. The number of nitrogens with zero attached hydrogens (tertiary/aromatic N) is 6. The lowest BCUT2D eigenvalue weighted by Crippen LogP contribution is -2.39. The zero-order valence-corrected chi connectivity index (χ0v) is 19.9. The Morgan fingerprint density at radius 1 is 1.05 bits per heavy atom. The number of rotatable bonds is 5. The van der Waals surface area contributed by atoms with Crippen LogP contribution in [0.3, 0.4) is 0 Å². The lowest BCUT2D eigenvalue weighted by atomic mass is 9.90. The second-order valence-electron chi connectivity index (χ2n) is 9.15. The maximum absolute atomic E-state index is 14.9. The smallest absolute Gasteiger partial charge is 0.254 e. The first-order valence-electron chi connectivity index (χ1n) is 12.1. The van der Waals surface area contributed by atoms with Gasteiger partial charge in [0.15, 0.2) is 17.5 Å². The quantitative estimate of drug-likeness (QED) is 0.351. The van der Waals surface area contributed by atoms with E-state index in [-0.39, 0.29) is 23.3 Å². The molecule has 1 aliphatic rings. The first-order chi connectivity index (χ1) is 18.5. The summed E-state index contributed by atoms with van der Waals surface area (Å²) in [4.78, 5) is 30.3. The van der Waals surface area contributed by atoms with Crippen LogP contribution in [-0.2, 0) is 0 Å². The molecule has 0 unspecified atom stereocenters. The van der Waals surface area contributed by atoms with Crippen molar-refractivity contribution < 1.29 is 18.0 Å². The molecule has 6 rings (SSSR count). The van der Waals surface area contributed by atoms with Crippen LogP contribution in [0.4, 0.5) is 13.2 Å². The lowest BCUT2D eigenvalue weighted by molar-refractivity contribution is 0.0916. The number of carbonyl (C=O) groups excluding carboxylic acids is 1. The fourth-order valence-corrected chi connectivity index (χ4v) is 5.01. The number of hydrogen-bond acceptors (Lipinski definition) is 6. The molecule has 2 atom stereocenters. The third-order valence-corrected chi connectivity index (χ3v) is 6.72. The van der Waals surface area contributed by atoms with Crippen LogP contribution in [0.15, 0.2) is 55.1 Å². The van der Waals surface area contributed by atoms with Crippen LogP contribution in [-0.4, -0.2) is 46.6 Å². The predicted molar refractivity (Wildman–Crippen MR) is 131 cm³/mol. The highest BCUT2D eigenvalue weighted by atomic mass is 19.1. The number of imidazole rings is 1. The summed E-state index contributed by atoms with van der Waals surface area (Å²) in [5, 5.41) is 9.51. The molecule has 0 saturated heterocycles. The lowest BCUT2D eigenvalue weighted by Gasteiger charge is -2.32. The zero-order valence-electron chi connectivity index (χ0n) is 19.9. The van der Waals surface area contributed by atoms with Gasteiger partial charge in [-0.25, -0.2) is 28.1 Å². The maximum atomic E-state index is 14.9. The summed E-state index contributed by atoms with van der Waals surface area (Å²) < 4.78 is 44.6. The van der Waals surface area contributed by atoms with Crippen LogP contribution in [0, 0.1) is 17.5 Å². The summed E-state index contributed by atoms with van der Waals surface area (Å²) in [7, 11) is 0. The van der Waals surface area contributed by atoms with E-state index in [0.29, 0.717) is 41.2 Å². The number of amides is 1. The Labute approximate surface area is 214 Å². The Bertz CT molecular complexity index is 1640. The number of halogens is 3. The number of hydrogen-bond donors (Lipinski definition) is 2. The fraction of sp³-hybridized carbons (Fsp3) is 0.231. The standard InChI is InChI=1S/C26H21F3N8O/c27-14-6-7-18(28)17(9-14)26(38)34-15-3-1-4-16(10-15)37-22-11-20(24-32-13-33-36-24)31-12-21(22)35-25(37)23-19(29)5-2-8-30-23/h2,5-9,11-13,15-16H,1,3-4,10H2,(H,34,38)(H,32,33,36)/t15-,16+/m0/s1. The highest BCUT2D eigenvalue weighted by Gasteiger charge is 2.30. The van der Waals surface area contributed by atoms with Crippen LogP contribution in [0.25, 0.3) is 34.1 Å². The van der Waals surface area contributed by atoms with Crippen LogP contribution >= 0.6 is 0 Å². The van der Waals surface area contributed by atoms with Gasteiger partial charge < -0.3 is 9.88 Å². The third-order valence-electron chi connectivity index (χ3n) is 6.72. The van der Waals surface area contributed by atoms with Crippen molar-refractivity contribution in [3.8, 4) is 23.0 Å². The Kier molecular flexibility index (Phi) is 6.06. The van der Waals surface area contributed by atoms with Crippen molar-refractivity contribution in [2.24, 2.45) is 0 Å². The van der Waals surface area contributed by atoms with Crippen LogP contribution in [0.1, 0.15) is 42.1 Å². The Hall–Kier alpha value is -4.61. The van der Waals surface area contributed by atoms with Gasteiger partial charge in [0, 0.05) is 18.3 Å². The minimum Gasteiger partial charge on any atom is -0.349 e. The molecule has 1 fully saturated rings. The van der Waals surface area contributed by atoms with Crippen molar-refractivity contribution in [1.82, 2.24) is 40.0 Å². The molecule has 1 saturated carbocycles. The van der Waals surface area contributed by atoms with Crippen LogP contribution in [0.5, 0.6) is 0 Å². The van der Waals surface area contributed by atoms with Gasteiger partial charge in [-0.05, 0) is 62.1 Å². The van der Waals surface area contributed by atoms with Gasteiger partial charge in [0.25, 0.3) is 5.91 Å². The Balaban J connectivity index is 1.39. The molecule has 38 heavy (non-hydrogen) atoms. The molecule has 0 bridgehead atoms. The van der Waals surface area contributed by atoms with Crippen molar-refractivity contribution in [2.45, 2.75) is 37.8 Å². The van der Waals surface area contributed by atoms with Crippen LogP contribution in [0.2, 0.25) is 0 Å². The summed E-state index contributed by atoms with van der Waals surface area (Å²) in [6.07, 6.45) is 7.06. The topological polar surface area (TPSA) is 114 Å². The van der Waals surface area contributed by atoms with Gasteiger partial charge >= 0.3 is 0 Å². The molecule has 1 aliphatic carbocycles. The van der Waals surface area contributed by atoms with Gasteiger partial charge in [-0.3, -0.25) is 14.9 Å². The van der Waals surface area contributed by atoms with E-state index >= 15 is 0 Å². The Morgan fingerprint density at radius 3 is 2.76 bits per heavy atom. The number of H-pyrrole nitrogens is 1. The van der Waals surface area contributed by atoms with E-state index in [1.54, 1.807) is 12.3 Å². The summed E-state index contributed by atoms with van der Waals surface area (Å²) in [6, 6.07) is 6.89. The number of pyridine rings is 2. The number of aromatic nitrogens is 7. The van der Waals surface area contributed by atoms with Gasteiger partial charge in [-0.15, -0.1) is 0 Å². The fourth-order valence-electron chi connectivity index (χ4n) is 5.01. The van der Waals surface area contributed by atoms with E-state index in [1.807, 2.05) is 4.57 Å². The van der Waals surface area contributed by atoms with Gasteiger partial charge in [-0.1, -0.05) is 0 Å². The highest BCUT2D eigenvalue weighted by Crippen LogP contribution is 2.37. The average molecular weight is 519 g/mol. The predicted octanol–water partition coefficient (Wildman–Crippen LogP) is 4.61. The SMILES string of the molecule is O=C(N[C@H]1CCC[C@@H](n2c(-c3ncccc3F)nc3cnc(-c4ncn[nH]4)cc32)C1)c1cc(F)ccc1F. The Morgan fingerprint density at radius 2 is 1.95 bits per heavy atom. The second-order valence-corrected chi connectivity index (χ2v) is 9.15. The van der Waals surface area contributed by atoms with Crippen molar-refractivity contribution in [1.29, 1.82) is 0 Å². The van der Waals surface area contributed by atoms with Gasteiger partial charge in [0.1, 0.15) is 34.9 Å². The minimum atomic E-state index is -0.794. The molecule has 12 heteroatoms. The first-order valence-corrected chi connectivity index (χ1v) is 12.1. The highest BCUT2D eigenvalue weighted by molar-refractivity contribution is 5.94. The third kappa shape index (κ3) is 4.38. The first kappa shape index (κ1) is 23.8. The zero-order chi connectivity index (χ0) is 26.2. The molecule has 1 aromatic carbocycles. The van der Waals surface area contributed by atoms with E-state index in [1.165, 1.54) is 24.7 Å². The van der Waals surface area contributed by atoms with E-state index in [2.05, 4.69) is 35.5 Å². The average Bonchev–Trinajstić information content (AvgIpc) is 3.58. The maximum Gasteiger partial charge on any atom is 0.254 e. The number of carbonyl (C=O) groups is 1. The van der Waals surface area contributed by atoms with Crippen molar-refractivity contribution in [3.63, 3.8) is 0 Å². The van der Waals surface area contributed by atoms with Crippen LogP contribution < -0.4 is 5.32 Å². The molecule has 192 valence electrons. The monoisotopic (exact) mass is 518 g/mol. The number of nitrogens with one attached hydrogen (secondary N) is 2. The van der Waals surface area contributed by atoms with Gasteiger partial charge in [-0.2, -0.15) is 5.10 Å². The summed E-state index contributed by atoms with van der Waals surface area (Å²) >= 11 is 0. The van der Waals surface area contributed by atoms with E-state index in [4.69, 9.17) is 0 Å². The number of fused-ring (bicyclic) bond motifs is 1. The van der Waals surface area contributed by atoms with Crippen molar-refractivity contribution in [2.75, 3.05) is 0 Å². The van der Waals surface area contributed by atoms with E-state index < -0.39 is 23.4 Å². The molecule has 4 aromatic heterocycles. The molecule has 5 aromatic rings. The molecule has 0 aliphatic heterocycles. The molecule has 0 radical (unpaired) electrons. The summed E-state index contributed by atoms with van der Waals surface area (Å²) in [6.45, 7) is 0. The molecular weight excluding hydrogens is 497 g/mol. The summed E-state index contributed by atoms with van der Waals surface area (Å²) in [5.41, 5.74) is 1.52. The molecule has 1 amide bonds. The van der Waals surface area contributed by atoms with Crippen molar-refractivity contribution in [3.05, 3.63) is 78.1 Å².